The lowest BCUT2D eigenvalue weighted by Crippen LogP contribution is -2.26. The number of esters is 1. The van der Waals surface area contributed by atoms with Crippen LogP contribution >= 0.6 is 0 Å². The molecule has 0 spiro atoms. The molecule has 0 fully saturated rings. The number of nitrogens with zero attached hydrogens (tertiary/aromatic N) is 1. The highest BCUT2D eigenvalue weighted by Crippen LogP contribution is 1.87. The fraction of sp³-hybridized carbons (Fsp3) is 0.571. The summed E-state index contributed by atoms with van der Waals surface area (Å²) >= 11 is 0. The Morgan fingerprint density at radius 3 is 2.33 bits per heavy atom. The molecule has 0 aromatic rings. The maximum atomic E-state index is 10.9. The van der Waals surface area contributed by atoms with Crippen molar-refractivity contribution in [1.29, 1.82) is 5.53 Å². The fourth-order valence-electron chi connectivity index (χ4n) is 0.589. The first kappa shape index (κ1) is 10.5. The van der Waals surface area contributed by atoms with Crippen molar-refractivity contribution in [2.24, 2.45) is 0 Å². The number of hydrogen-bond acceptors (Lipinski definition) is 4. The average Bonchev–Trinajstić information content (AvgIpc) is 2.06. The van der Waals surface area contributed by atoms with Crippen LogP contribution in [0.4, 0.5) is 0 Å². The van der Waals surface area contributed by atoms with Gasteiger partial charge >= 0.3 is 11.7 Å². The molecule has 0 rings (SSSR count). The van der Waals surface area contributed by atoms with E-state index in [9.17, 15) is 9.59 Å². The Labute approximate surface area is 69.9 Å². The monoisotopic (exact) mass is 171 g/mol. The van der Waals surface area contributed by atoms with Crippen LogP contribution in [0.5, 0.6) is 0 Å². The van der Waals surface area contributed by atoms with Crippen molar-refractivity contribution in [2.45, 2.75) is 20.3 Å². The van der Waals surface area contributed by atoms with Crippen LogP contribution in [0, 0.1) is 5.53 Å². The van der Waals surface area contributed by atoms with E-state index in [-0.39, 0.29) is 13.0 Å². The number of ketones is 1. The zero-order valence-electron chi connectivity index (χ0n) is 7.09. The molecule has 1 N–H and O–H groups in total. The van der Waals surface area contributed by atoms with E-state index >= 15 is 0 Å². The third kappa shape index (κ3) is 2.64. The largest absolute Gasteiger partial charge is 0.490 e. The summed E-state index contributed by atoms with van der Waals surface area (Å²) in [5, 5.41) is 0. The van der Waals surface area contributed by atoms with E-state index < -0.39 is 17.5 Å². The van der Waals surface area contributed by atoms with E-state index in [4.69, 9.17) is 5.53 Å². The average molecular weight is 171 g/mol. The molecule has 5 heteroatoms. The SMILES string of the molecule is CCOC(=O)C(=[N+]=N)C(=O)CC. The van der Waals surface area contributed by atoms with Crippen LogP contribution in [0.15, 0.2) is 0 Å². The van der Waals surface area contributed by atoms with Gasteiger partial charge in [0.25, 0.3) is 5.78 Å². The van der Waals surface area contributed by atoms with Crippen molar-refractivity contribution in [3.8, 4) is 0 Å². The standard InChI is InChI=1S/C7H11N2O3/c1-3-5(10)6(9-8)7(11)12-4-2/h8H,3-4H2,1-2H3/q+1. The minimum absolute atomic E-state index is 0.149. The topological polar surface area (TPSA) is 81.3 Å². The third-order valence-corrected chi connectivity index (χ3v) is 1.17. The minimum atomic E-state index is -0.820. The second-order valence-electron chi connectivity index (χ2n) is 1.96. The summed E-state index contributed by atoms with van der Waals surface area (Å²) in [5.74, 6) is -1.29. The Hall–Kier alpha value is -1.48. The van der Waals surface area contributed by atoms with Crippen molar-refractivity contribution >= 4 is 17.5 Å². The first-order valence-corrected chi connectivity index (χ1v) is 3.62. The lowest BCUT2D eigenvalue weighted by atomic mass is 10.2. The van der Waals surface area contributed by atoms with Gasteiger partial charge in [-0.3, -0.25) is 4.79 Å². The van der Waals surface area contributed by atoms with Gasteiger partial charge in [-0.2, -0.15) is 0 Å². The molecule has 0 atom stereocenters. The number of carbonyl (C=O) groups excluding carboxylic acids is 2. The molecule has 0 heterocycles. The zero-order chi connectivity index (χ0) is 9.56. The zero-order valence-corrected chi connectivity index (χ0v) is 7.09. The highest BCUT2D eigenvalue weighted by atomic mass is 16.5. The van der Waals surface area contributed by atoms with Gasteiger partial charge < -0.3 is 4.74 Å². The van der Waals surface area contributed by atoms with Crippen LogP contribution < -0.4 is 0 Å². The van der Waals surface area contributed by atoms with Crippen molar-refractivity contribution < 1.29 is 19.1 Å². The summed E-state index contributed by atoms with van der Waals surface area (Å²) in [6, 6.07) is 0. The number of rotatable bonds is 4. The van der Waals surface area contributed by atoms with Crippen LogP contribution in [0.3, 0.4) is 0 Å². The summed E-state index contributed by atoms with van der Waals surface area (Å²) in [6.07, 6.45) is 0.149. The molecule has 0 aliphatic carbocycles. The van der Waals surface area contributed by atoms with E-state index in [0.717, 1.165) is 0 Å². The minimum Gasteiger partial charge on any atom is -0.457 e. The Bertz CT molecular complexity index is 241. The van der Waals surface area contributed by atoms with Crippen LogP contribution in [0.2, 0.25) is 0 Å². The van der Waals surface area contributed by atoms with Crippen molar-refractivity contribution in [2.75, 3.05) is 6.61 Å². The van der Waals surface area contributed by atoms with Crippen LogP contribution in [-0.2, 0) is 14.3 Å². The molecule has 0 saturated carbocycles. The Morgan fingerprint density at radius 1 is 1.42 bits per heavy atom. The van der Waals surface area contributed by atoms with Gasteiger partial charge in [-0.05, 0) is 6.92 Å². The van der Waals surface area contributed by atoms with Crippen LogP contribution in [0.1, 0.15) is 20.3 Å². The summed E-state index contributed by atoms with van der Waals surface area (Å²) < 4.78 is 4.51. The fourth-order valence-corrected chi connectivity index (χ4v) is 0.589. The molecular formula is C7H11N2O3+. The Kier molecular flexibility index (Phi) is 4.57. The van der Waals surface area contributed by atoms with Crippen LogP contribution in [-0.4, -0.2) is 28.9 Å². The van der Waals surface area contributed by atoms with Gasteiger partial charge in [-0.1, -0.05) is 6.92 Å². The number of hydrogen-bond donors (Lipinski definition) is 1. The molecule has 5 nitrogen and oxygen atoms in total. The quantitative estimate of drug-likeness (QED) is 0.216. The molecule has 0 aliphatic heterocycles. The summed E-state index contributed by atoms with van der Waals surface area (Å²) in [5.41, 5.74) is 6.14. The van der Waals surface area contributed by atoms with E-state index in [1.54, 1.807) is 13.8 Å². The van der Waals surface area contributed by atoms with Gasteiger partial charge in [0.1, 0.15) is 0 Å². The van der Waals surface area contributed by atoms with E-state index in [0.29, 0.717) is 0 Å². The molecule has 0 radical (unpaired) electrons. The van der Waals surface area contributed by atoms with Crippen molar-refractivity contribution in [3.63, 3.8) is 0 Å². The smallest absolute Gasteiger partial charge is 0.457 e. The first-order valence-electron chi connectivity index (χ1n) is 3.62. The van der Waals surface area contributed by atoms with Gasteiger partial charge in [-0.15, -0.1) is 0 Å². The molecule has 0 amide bonds. The van der Waals surface area contributed by atoms with Gasteiger partial charge in [0, 0.05) is 6.42 Å². The number of nitrogens with one attached hydrogen (secondary N) is 1. The van der Waals surface area contributed by atoms with Gasteiger partial charge in [0.05, 0.1) is 16.9 Å². The number of Topliss-reactive ketones (excluding diaryl/α,β-unsaturated/α-hetero) is 1. The molecular weight excluding hydrogens is 160 g/mol. The molecule has 0 saturated heterocycles. The molecule has 0 bridgehead atoms. The summed E-state index contributed by atoms with van der Waals surface area (Å²) in [4.78, 5) is 24.6. The Morgan fingerprint density at radius 2 is 2.00 bits per heavy atom. The number of ether oxygens (including phenoxy) is 1. The summed E-state index contributed by atoms with van der Waals surface area (Å²) in [6.45, 7) is 3.39. The number of carbonyl (C=O) groups is 2. The van der Waals surface area contributed by atoms with E-state index in [2.05, 4.69) is 9.53 Å². The Balaban J connectivity index is 4.48. The molecule has 12 heavy (non-hydrogen) atoms. The molecule has 0 aromatic carbocycles. The highest BCUT2D eigenvalue weighted by molar-refractivity contribution is 6.62. The van der Waals surface area contributed by atoms with Crippen molar-refractivity contribution in [3.05, 3.63) is 0 Å². The lowest BCUT2D eigenvalue weighted by Gasteiger charge is -1.92. The third-order valence-electron chi connectivity index (χ3n) is 1.17. The van der Waals surface area contributed by atoms with E-state index in [1.165, 1.54) is 0 Å². The maximum Gasteiger partial charge on any atom is 0.490 e. The second kappa shape index (κ2) is 5.21. The van der Waals surface area contributed by atoms with Crippen LogP contribution in [0.25, 0.3) is 0 Å². The van der Waals surface area contributed by atoms with Gasteiger partial charge in [0.15, 0.2) is 0 Å². The molecule has 0 aliphatic rings. The van der Waals surface area contributed by atoms with E-state index in [1.807, 2.05) is 0 Å². The molecule has 66 valence electrons. The normalized spacial score (nSPS) is 8.50. The highest BCUT2D eigenvalue weighted by Gasteiger charge is 2.31. The summed E-state index contributed by atoms with van der Waals surface area (Å²) in [7, 11) is 0. The predicted octanol–water partition coefficient (Wildman–Crippen LogP) is 0.209. The van der Waals surface area contributed by atoms with Gasteiger partial charge in [0.2, 0.25) is 0 Å². The van der Waals surface area contributed by atoms with Crippen molar-refractivity contribution in [1.82, 2.24) is 0 Å². The maximum absolute atomic E-state index is 10.9. The second-order valence-corrected chi connectivity index (χ2v) is 1.96. The molecule has 0 unspecified atom stereocenters. The molecule has 0 aromatic heterocycles. The lowest BCUT2D eigenvalue weighted by molar-refractivity contribution is -0.156. The predicted molar refractivity (Wildman–Crippen MR) is 39.9 cm³/mol. The first-order chi connectivity index (χ1) is 5.67. The van der Waals surface area contributed by atoms with Gasteiger partial charge in [-0.25, -0.2) is 4.79 Å².